The predicted octanol–water partition coefficient (Wildman–Crippen LogP) is 2.71. The van der Waals surface area contributed by atoms with E-state index in [2.05, 4.69) is 15.3 Å². The molecule has 3 rings (SSSR count). The number of fused-ring (bicyclic) bond motifs is 1. The van der Waals surface area contributed by atoms with E-state index in [-0.39, 0.29) is 12.5 Å². The number of carbonyl (C=O) groups is 1. The third kappa shape index (κ3) is 3.85. The monoisotopic (exact) mass is 313 g/mol. The molecule has 2 aromatic carbocycles. The number of carbonyl (C=O) groups excluding carboxylic acids is 1. The topological polar surface area (TPSA) is 67.0 Å². The summed E-state index contributed by atoms with van der Waals surface area (Å²) in [5.74, 6) is 0.514. The SMILES string of the molecule is Cc1nc2ccc(CNC(=O)COc3cccc(F)c3)cc2[nH]1. The Morgan fingerprint density at radius 2 is 2.17 bits per heavy atom. The molecule has 0 atom stereocenters. The Balaban J connectivity index is 1.53. The van der Waals surface area contributed by atoms with Gasteiger partial charge in [-0.1, -0.05) is 12.1 Å². The van der Waals surface area contributed by atoms with Gasteiger partial charge in [0.05, 0.1) is 11.0 Å². The molecule has 0 aliphatic carbocycles. The van der Waals surface area contributed by atoms with Crippen molar-refractivity contribution < 1.29 is 13.9 Å². The number of nitrogens with zero attached hydrogens (tertiary/aromatic N) is 1. The lowest BCUT2D eigenvalue weighted by molar-refractivity contribution is -0.123. The van der Waals surface area contributed by atoms with Crippen molar-refractivity contribution >= 4 is 16.9 Å². The molecule has 0 aliphatic heterocycles. The Kier molecular flexibility index (Phi) is 4.23. The second-order valence-corrected chi connectivity index (χ2v) is 5.20. The van der Waals surface area contributed by atoms with Gasteiger partial charge in [0.2, 0.25) is 0 Å². The summed E-state index contributed by atoms with van der Waals surface area (Å²) in [6.07, 6.45) is 0. The summed E-state index contributed by atoms with van der Waals surface area (Å²) < 4.78 is 18.2. The van der Waals surface area contributed by atoms with E-state index in [1.165, 1.54) is 18.2 Å². The van der Waals surface area contributed by atoms with E-state index < -0.39 is 5.82 Å². The van der Waals surface area contributed by atoms with Gasteiger partial charge in [0.15, 0.2) is 6.61 Å². The van der Waals surface area contributed by atoms with Crippen LogP contribution in [0.15, 0.2) is 42.5 Å². The second kappa shape index (κ2) is 6.48. The third-order valence-electron chi connectivity index (χ3n) is 3.32. The van der Waals surface area contributed by atoms with Gasteiger partial charge >= 0.3 is 0 Å². The van der Waals surface area contributed by atoms with Gasteiger partial charge in [-0.05, 0) is 36.8 Å². The number of benzene rings is 2. The van der Waals surface area contributed by atoms with Crippen LogP contribution >= 0.6 is 0 Å². The van der Waals surface area contributed by atoms with E-state index in [9.17, 15) is 9.18 Å². The molecular formula is C17H16FN3O2. The zero-order valence-electron chi connectivity index (χ0n) is 12.6. The van der Waals surface area contributed by atoms with E-state index in [0.29, 0.717) is 12.3 Å². The number of hydrogen-bond donors (Lipinski definition) is 2. The third-order valence-corrected chi connectivity index (χ3v) is 3.32. The number of hydrogen-bond acceptors (Lipinski definition) is 3. The maximum absolute atomic E-state index is 13.0. The van der Waals surface area contributed by atoms with Gasteiger partial charge in [-0.25, -0.2) is 9.37 Å². The van der Waals surface area contributed by atoms with Gasteiger partial charge in [-0.3, -0.25) is 4.79 Å². The van der Waals surface area contributed by atoms with Crippen LogP contribution in [0.5, 0.6) is 5.75 Å². The fraction of sp³-hybridized carbons (Fsp3) is 0.176. The molecule has 0 unspecified atom stereocenters. The highest BCUT2D eigenvalue weighted by Gasteiger charge is 2.05. The molecule has 5 nitrogen and oxygen atoms in total. The predicted molar refractivity (Wildman–Crippen MR) is 84.6 cm³/mol. The number of aromatic amines is 1. The van der Waals surface area contributed by atoms with Crippen molar-refractivity contribution in [3.05, 3.63) is 59.7 Å². The fourth-order valence-electron chi connectivity index (χ4n) is 2.25. The summed E-state index contributed by atoms with van der Waals surface area (Å²) in [5, 5.41) is 2.76. The van der Waals surface area contributed by atoms with Crippen LogP contribution in [-0.2, 0) is 11.3 Å². The number of aromatic nitrogens is 2. The highest BCUT2D eigenvalue weighted by Crippen LogP contribution is 2.14. The molecule has 2 N–H and O–H groups in total. The lowest BCUT2D eigenvalue weighted by Gasteiger charge is -2.07. The van der Waals surface area contributed by atoms with Crippen LogP contribution in [0, 0.1) is 12.7 Å². The van der Waals surface area contributed by atoms with Crippen molar-refractivity contribution in [3.63, 3.8) is 0 Å². The van der Waals surface area contributed by atoms with E-state index >= 15 is 0 Å². The molecule has 0 spiro atoms. The van der Waals surface area contributed by atoms with Crippen LogP contribution in [0.4, 0.5) is 4.39 Å². The lowest BCUT2D eigenvalue weighted by atomic mass is 10.2. The molecule has 1 amide bonds. The van der Waals surface area contributed by atoms with Crippen molar-refractivity contribution in [3.8, 4) is 5.75 Å². The van der Waals surface area contributed by atoms with Gasteiger partial charge in [0, 0.05) is 12.6 Å². The summed E-state index contributed by atoms with van der Waals surface area (Å²) in [5.41, 5.74) is 2.79. The van der Waals surface area contributed by atoms with Crippen molar-refractivity contribution in [2.45, 2.75) is 13.5 Å². The zero-order chi connectivity index (χ0) is 16.2. The Bertz CT molecular complexity index is 845. The van der Waals surface area contributed by atoms with Crippen LogP contribution in [0.1, 0.15) is 11.4 Å². The molecule has 0 aliphatic rings. The molecule has 0 fully saturated rings. The van der Waals surface area contributed by atoms with Gasteiger partial charge in [-0.15, -0.1) is 0 Å². The molecule has 1 heterocycles. The lowest BCUT2D eigenvalue weighted by Crippen LogP contribution is -2.28. The van der Waals surface area contributed by atoms with Crippen LogP contribution in [0.3, 0.4) is 0 Å². The second-order valence-electron chi connectivity index (χ2n) is 5.20. The van der Waals surface area contributed by atoms with Crippen LogP contribution in [0.2, 0.25) is 0 Å². The largest absolute Gasteiger partial charge is 0.484 e. The first-order valence-electron chi connectivity index (χ1n) is 7.20. The smallest absolute Gasteiger partial charge is 0.258 e. The molecule has 0 radical (unpaired) electrons. The fourth-order valence-corrected chi connectivity index (χ4v) is 2.25. The Morgan fingerprint density at radius 1 is 1.30 bits per heavy atom. The van der Waals surface area contributed by atoms with Crippen LogP contribution in [0.25, 0.3) is 11.0 Å². The Hall–Kier alpha value is -2.89. The minimum absolute atomic E-state index is 0.158. The molecule has 3 aromatic rings. The number of amides is 1. The summed E-state index contributed by atoms with van der Waals surface area (Å²) >= 11 is 0. The average Bonchev–Trinajstić information content (AvgIpc) is 2.90. The van der Waals surface area contributed by atoms with Gasteiger partial charge in [0.1, 0.15) is 17.4 Å². The maximum Gasteiger partial charge on any atom is 0.258 e. The minimum Gasteiger partial charge on any atom is -0.484 e. The van der Waals surface area contributed by atoms with Crippen LogP contribution < -0.4 is 10.1 Å². The number of aryl methyl sites for hydroxylation is 1. The van der Waals surface area contributed by atoms with E-state index in [4.69, 9.17) is 4.74 Å². The standard InChI is InChI=1S/C17H16FN3O2/c1-11-20-15-6-5-12(7-16(15)21-11)9-19-17(22)10-23-14-4-2-3-13(18)8-14/h2-8H,9-10H2,1H3,(H,19,22)(H,20,21). The number of H-pyrrole nitrogens is 1. The highest BCUT2D eigenvalue weighted by molar-refractivity contribution is 5.78. The van der Waals surface area contributed by atoms with E-state index in [1.54, 1.807) is 6.07 Å². The molecule has 6 heteroatoms. The van der Waals surface area contributed by atoms with Gasteiger partial charge in [-0.2, -0.15) is 0 Å². The zero-order valence-corrected chi connectivity index (χ0v) is 12.6. The maximum atomic E-state index is 13.0. The number of rotatable bonds is 5. The number of halogens is 1. The first-order chi connectivity index (χ1) is 11.1. The first-order valence-corrected chi connectivity index (χ1v) is 7.20. The summed E-state index contributed by atoms with van der Waals surface area (Å²) in [6.45, 7) is 2.12. The quantitative estimate of drug-likeness (QED) is 0.761. The van der Waals surface area contributed by atoms with Crippen LogP contribution in [-0.4, -0.2) is 22.5 Å². The van der Waals surface area contributed by atoms with Crippen molar-refractivity contribution in [1.82, 2.24) is 15.3 Å². The highest BCUT2D eigenvalue weighted by atomic mass is 19.1. The molecular weight excluding hydrogens is 297 g/mol. The van der Waals surface area contributed by atoms with Crippen molar-refractivity contribution in [2.24, 2.45) is 0 Å². The molecule has 23 heavy (non-hydrogen) atoms. The summed E-state index contributed by atoms with van der Waals surface area (Å²) in [6, 6.07) is 11.5. The molecule has 118 valence electrons. The molecule has 1 aromatic heterocycles. The Labute approximate surface area is 132 Å². The number of imidazole rings is 1. The van der Waals surface area contributed by atoms with Gasteiger partial charge < -0.3 is 15.0 Å². The van der Waals surface area contributed by atoms with Crippen molar-refractivity contribution in [2.75, 3.05) is 6.61 Å². The summed E-state index contributed by atoms with van der Waals surface area (Å²) in [4.78, 5) is 19.3. The summed E-state index contributed by atoms with van der Waals surface area (Å²) in [7, 11) is 0. The number of ether oxygens (including phenoxy) is 1. The molecule has 0 saturated heterocycles. The average molecular weight is 313 g/mol. The van der Waals surface area contributed by atoms with Crippen molar-refractivity contribution in [1.29, 1.82) is 0 Å². The normalized spacial score (nSPS) is 10.7. The van der Waals surface area contributed by atoms with Gasteiger partial charge in [0.25, 0.3) is 5.91 Å². The first kappa shape index (κ1) is 15.0. The molecule has 0 bridgehead atoms. The number of nitrogens with one attached hydrogen (secondary N) is 2. The minimum atomic E-state index is -0.397. The van der Waals surface area contributed by atoms with E-state index in [1.807, 2.05) is 25.1 Å². The Morgan fingerprint density at radius 3 is 3.00 bits per heavy atom. The van der Waals surface area contributed by atoms with E-state index in [0.717, 1.165) is 22.4 Å². The molecule has 0 saturated carbocycles.